The van der Waals surface area contributed by atoms with Crippen molar-refractivity contribution in [2.45, 2.75) is 26.2 Å². The molecule has 1 aliphatic rings. The third-order valence-electron chi connectivity index (χ3n) is 1.66. The van der Waals surface area contributed by atoms with E-state index in [1.807, 2.05) is 13.0 Å². The average molecular weight is 133 g/mol. The van der Waals surface area contributed by atoms with Crippen molar-refractivity contribution in [1.29, 1.82) is 5.26 Å². The van der Waals surface area contributed by atoms with Gasteiger partial charge in [-0.2, -0.15) is 5.26 Å². The molecule has 0 radical (unpaired) electrons. The number of hydrogen-bond donors (Lipinski definition) is 0. The molecule has 0 saturated heterocycles. The van der Waals surface area contributed by atoms with Gasteiger partial charge in [-0.15, -0.1) is 0 Å². The molecule has 0 bridgehead atoms. The Morgan fingerprint density at radius 3 is 3.10 bits per heavy atom. The van der Waals surface area contributed by atoms with Crippen molar-refractivity contribution in [3.8, 4) is 6.07 Å². The lowest BCUT2D eigenvalue weighted by Crippen LogP contribution is -1.76. The molecule has 52 valence electrons. The molecule has 0 amide bonds. The van der Waals surface area contributed by atoms with E-state index in [1.54, 1.807) is 0 Å². The Morgan fingerprint density at radius 2 is 2.40 bits per heavy atom. The number of nitrogens with zero attached hydrogens (tertiary/aromatic N) is 1. The van der Waals surface area contributed by atoms with Gasteiger partial charge in [-0.1, -0.05) is 11.6 Å². The van der Waals surface area contributed by atoms with Crippen molar-refractivity contribution >= 4 is 0 Å². The quantitative estimate of drug-likeness (QED) is 0.498. The summed E-state index contributed by atoms with van der Waals surface area (Å²) in [5, 5.41) is 8.59. The molecular weight excluding hydrogens is 122 g/mol. The van der Waals surface area contributed by atoms with Gasteiger partial charge in [0.05, 0.1) is 6.07 Å². The van der Waals surface area contributed by atoms with Crippen molar-refractivity contribution in [3.05, 3.63) is 23.3 Å². The monoisotopic (exact) mass is 133 g/mol. The fraction of sp³-hybridized carbons (Fsp3) is 0.444. The highest BCUT2D eigenvalue weighted by Crippen LogP contribution is 2.15. The van der Waals surface area contributed by atoms with Crippen LogP contribution in [-0.2, 0) is 0 Å². The van der Waals surface area contributed by atoms with Gasteiger partial charge in [0.25, 0.3) is 0 Å². The van der Waals surface area contributed by atoms with Gasteiger partial charge in [0, 0.05) is 5.57 Å². The minimum absolute atomic E-state index is 0.922. The lowest BCUT2D eigenvalue weighted by molar-refractivity contribution is 0.856. The first-order chi connectivity index (χ1) is 4.83. The standard InChI is InChI=1S/C9H11N/c1-8-4-2-3-5-9(6-8)7-10/h4,6H,2-3,5H2,1H3. The fourth-order valence-corrected chi connectivity index (χ4v) is 1.12. The Labute approximate surface area is 61.7 Å². The summed E-state index contributed by atoms with van der Waals surface area (Å²) < 4.78 is 0. The largest absolute Gasteiger partial charge is 0.193 e. The first-order valence-corrected chi connectivity index (χ1v) is 3.60. The number of nitriles is 1. The third kappa shape index (κ3) is 1.73. The average Bonchev–Trinajstić information content (AvgIpc) is 2.13. The minimum Gasteiger partial charge on any atom is -0.193 e. The second-order valence-corrected chi connectivity index (χ2v) is 2.62. The molecule has 0 spiro atoms. The van der Waals surface area contributed by atoms with Gasteiger partial charge in [0.2, 0.25) is 0 Å². The molecule has 0 aromatic rings. The molecule has 0 heterocycles. The summed E-state index contributed by atoms with van der Waals surface area (Å²) in [5.74, 6) is 0. The first-order valence-electron chi connectivity index (χ1n) is 3.60. The van der Waals surface area contributed by atoms with Crippen LogP contribution in [0.4, 0.5) is 0 Å². The van der Waals surface area contributed by atoms with E-state index >= 15 is 0 Å². The second kappa shape index (κ2) is 3.22. The maximum Gasteiger partial charge on any atom is 0.0947 e. The van der Waals surface area contributed by atoms with Crippen LogP contribution in [0.15, 0.2) is 23.3 Å². The van der Waals surface area contributed by atoms with E-state index in [-0.39, 0.29) is 0 Å². The van der Waals surface area contributed by atoms with E-state index < -0.39 is 0 Å². The van der Waals surface area contributed by atoms with E-state index in [0.29, 0.717) is 0 Å². The number of rotatable bonds is 0. The van der Waals surface area contributed by atoms with Gasteiger partial charge < -0.3 is 0 Å². The highest BCUT2D eigenvalue weighted by molar-refractivity contribution is 5.31. The van der Waals surface area contributed by atoms with Crippen LogP contribution >= 0.6 is 0 Å². The van der Waals surface area contributed by atoms with Gasteiger partial charge in [-0.25, -0.2) is 0 Å². The summed E-state index contributed by atoms with van der Waals surface area (Å²) in [6.45, 7) is 2.04. The Morgan fingerprint density at radius 1 is 1.60 bits per heavy atom. The Kier molecular flexibility index (Phi) is 2.28. The van der Waals surface area contributed by atoms with Crippen LogP contribution < -0.4 is 0 Å². The molecule has 10 heavy (non-hydrogen) atoms. The second-order valence-electron chi connectivity index (χ2n) is 2.62. The van der Waals surface area contributed by atoms with Crippen LogP contribution in [0.25, 0.3) is 0 Å². The van der Waals surface area contributed by atoms with E-state index in [0.717, 1.165) is 24.8 Å². The Balaban J connectivity index is 2.77. The lowest BCUT2D eigenvalue weighted by atomic mass is 10.1. The molecule has 1 heteroatoms. The van der Waals surface area contributed by atoms with Crippen LogP contribution in [0.2, 0.25) is 0 Å². The lowest BCUT2D eigenvalue weighted by Gasteiger charge is -1.89. The SMILES string of the molecule is CC1=CCCCC(C#N)=C1. The molecule has 0 N–H and O–H groups in total. The number of allylic oxidation sites excluding steroid dienone is 4. The summed E-state index contributed by atoms with van der Waals surface area (Å²) in [5.41, 5.74) is 2.15. The van der Waals surface area contributed by atoms with Crippen molar-refractivity contribution in [1.82, 2.24) is 0 Å². The topological polar surface area (TPSA) is 23.8 Å². The highest BCUT2D eigenvalue weighted by Gasteiger charge is 1.99. The van der Waals surface area contributed by atoms with Gasteiger partial charge in [-0.3, -0.25) is 0 Å². The van der Waals surface area contributed by atoms with Crippen molar-refractivity contribution in [2.24, 2.45) is 0 Å². The summed E-state index contributed by atoms with van der Waals surface area (Å²) in [6.07, 6.45) is 7.35. The molecule has 0 atom stereocenters. The van der Waals surface area contributed by atoms with Gasteiger partial charge in [0.1, 0.15) is 0 Å². The minimum atomic E-state index is 0.922. The highest BCUT2D eigenvalue weighted by atomic mass is 14.2. The van der Waals surface area contributed by atoms with Crippen LogP contribution in [0.5, 0.6) is 0 Å². The molecule has 0 aromatic heterocycles. The Hall–Kier alpha value is -1.03. The van der Waals surface area contributed by atoms with Crippen LogP contribution in [-0.4, -0.2) is 0 Å². The van der Waals surface area contributed by atoms with E-state index in [1.165, 1.54) is 5.57 Å². The zero-order valence-electron chi connectivity index (χ0n) is 6.22. The van der Waals surface area contributed by atoms with Gasteiger partial charge >= 0.3 is 0 Å². The van der Waals surface area contributed by atoms with Crippen molar-refractivity contribution in [3.63, 3.8) is 0 Å². The molecule has 1 nitrogen and oxygen atoms in total. The molecule has 0 saturated carbocycles. The molecule has 0 unspecified atom stereocenters. The van der Waals surface area contributed by atoms with E-state index in [4.69, 9.17) is 5.26 Å². The molecule has 1 aliphatic carbocycles. The van der Waals surface area contributed by atoms with Crippen molar-refractivity contribution < 1.29 is 0 Å². The van der Waals surface area contributed by atoms with Crippen LogP contribution in [0.1, 0.15) is 26.2 Å². The normalized spacial score (nSPS) is 18.4. The summed E-state index contributed by atoms with van der Waals surface area (Å²) in [6, 6.07) is 2.19. The summed E-state index contributed by atoms with van der Waals surface area (Å²) in [4.78, 5) is 0. The molecule has 1 rings (SSSR count). The number of hydrogen-bond acceptors (Lipinski definition) is 1. The predicted octanol–water partition coefficient (Wildman–Crippen LogP) is 2.57. The van der Waals surface area contributed by atoms with Gasteiger partial charge in [0.15, 0.2) is 0 Å². The zero-order valence-corrected chi connectivity index (χ0v) is 6.22. The van der Waals surface area contributed by atoms with Crippen molar-refractivity contribution in [2.75, 3.05) is 0 Å². The smallest absolute Gasteiger partial charge is 0.0947 e. The van der Waals surface area contributed by atoms with E-state index in [9.17, 15) is 0 Å². The fourth-order valence-electron chi connectivity index (χ4n) is 1.12. The maximum absolute atomic E-state index is 8.59. The molecule has 0 aliphatic heterocycles. The summed E-state index contributed by atoms with van der Waals surface area (Å²) in [7, 11) is 0. The molecule has 0 fully saturated rings. The molecular formula is C9H11N. The zero-order chi connectivity index (χ0) is 7.40. The molecule has 0 aromatic carbocycles. The first kappa shape index (κ1) is 7.08. The predicted molar refractivity (Wildman–Crippen MR) is 41.3 cm³/mol. The maximum atomic E-state index is 8.59. The van der Waals surface area contributed by atoms with E-state index in [2.05, 4.69) is 12.1 Å². The van der Waals surface area contributed by atoms with Crippen LogP contribution in [0, 0.1) is 11.3 Å². The summed E-state index contributed by atoms with van der Waals surface area (Å²) >= 11 is 0. The van der Waals surface area contributed by atoms with Crippen LogP contribution in [0.3, 0.4) is 0 Å². The van der Waals surface area contributed by atoms with Gasteiger partial charge in [-0.05, 0) is 32.3 Å². The Bertz CT molecular complexity index is 215. The third-order valence-corrected chi connectivity index (χ3v) is 1.66.